The molecule has 0 spiro atoms. The highest BCUT2D eigenvalue weighted by Crippen LogP contribution is 2.29. The van der Waals surface area contributed by atoms with Crippen molar-refractivity contribution in [2.24, 2.45) is 0 Å². The summed E-state index contributed by atoms with van der Waals surface area (Å²) in [4.78, 5) is 26.2. The van der Waals surface area contributed by atoms with E-state index in [0.29, 0.717) is 17.0 Å². The maximum Gasteiger partial charge on any atom is 0.276 e. The summed E-state index contributed by atoms with van der Waals surface area (Å²) in [6.07, 6.45) is 4.65. The third kappa shape index (κ3) is 4.14. The van der Waals surface area contributed by atoms with E-state index in [1.54, 1.807) is 6.20 Å². The van der Waals surface area contributed by atoms with Gasteiger partial charge in [0.15, 0.2) is 0 Å². The smallest absolute Gasteiger partial charge is 0.276 e. The molecule has 34 heavy (non-hydrogen) atoms. The van der Waals surface area contributed by atoms with E-state index in [1.807, 2.05) is 50.2 Å². The Labute approximate surface area is 203 Å². The fraction of sp³-hybridized carbons (Fsp3) is 0.296. The van der Waals surface area contributed by atoms with Crippen LogP contribution in [0.15, 0.2) is 59.5 Å². The van der Waals surface area contributed by atoms with Gasteiger partial charge in [-0.3, -0.25) is 9.59 Å². The molecule has 5 rings (SSSR count). The van der Waals surface area contributed by atoms with Gasteiger partial charge in [-0.1, -0.05) is 48.0 Å². The molecule has 6 nitrogen and oxygen atoms in total. The first-order chi connectivity index (χ1) is 16.4. The SMILES string of the molecule is Cc1c2cnn(CC(=O)NC3CCCc4ccccc43)c(=O)c2c(C)n1Cc1cccc(Cl)c1. The molecule has 1 atom stereocenters. The van der Waals surface area contributed by atoms with E-state index < -0.39 is 0 Å². The summed E-state index contributed by atoms with van der Waals surface area (Å²) < 4.78 is 3.37. The van der Waals surface area contributed by atoms with Gasteiger partial charge in [0.05, 0.1) is 17.6 Å². The standard InChI is InChI=1S/C27H27ClN4O2/c1-17-23-14-29-32(16-25(33)30-24-12-6-9-20-8-3-4-11-22(20)24)27(34)26(23)18(2)31(17)15-19-7-5-10-21(28)13-19/h3-5,7-8,10-11,13-14,24H,6,9,12,15-16H2,1-2H3,(H,30,33). The molecule has 0 saturated heterocycles. The summed E-state index contributed by atoms with van der Waals surface area (Å²) in [5.41, 5.74) is 5.08. The zero-order chi connectivity index (χ0) is 23.8. The molecule has 1 N–H and O–H groups in total. The van der Waals surface area contributed by atoms with E-state index in [0.717, 1.165) is 41.6 Å². The van der Waals surface area contributed by atoms with Gasteiger partial charge in [0, 0.05) is 28.3 Å². The normalized spacial score (nSPS) is 15.3. The molecule has 2 heterocycles. The Hall–Kier alpha value is -3.38. The van der Waals surface area contributed by atoms with Crippen LogP contribution in [-0.4, -0.2) is 20.3 Å². The number of hydrogen-bond acceptors (Lipinski definition) is 3. The maximum absolute atomic E-state index is 13.3. The first kappa shape index (κ1) is 22.4. The number of nitrogens with zero attached hydrogens (tertiary/aromatic N) is 3. The molecule has 0 fully saturated rings. The second-order valence-electron chi connectivity index (χ2n) is 8.99. The van der Waals surface area contributed by atoms with E-state index in [1.165, 1.54) is 15.8 Å². The number of nitrogens with one attached hydrogen (secondary N) is 1. The molecular formula is C27H27ClN4O2. The zero-order valence-electron chi connectivity index (χ0n) is 19.3. The Bertz CT molecular complexity index is 1450. The van der Waals surface area contributed by atoms with E-state index in [-0.39, 0.29) is 24.1 Å². The van der Waals surface area contributed by atoms with Crippen LogP contribution in [0.3, 0.4) is 0 Å². The number of hydrogen-bond donors (Lipinski definition) is 1. The number of aryl methyl sites for hydroxylation is 3. The van der Waals surface area contributed by atoms with Crippen LogP contribution >= 0.6 is 11.6 Å². The van der Waals surface area contributed by atoms with Gasteiger partial charge in [-0.25, -0.2) is 4.68 Å². The van der Waals surface area contributed by atoms with E-state index in [4.69, 9.17) is 11.6 Å². The van der Waals surface area contributed by atoms with Crippen LogP contribution in [0.2, 0.25) is 5.02 Å². The number of amides is 1. The molecule has 0 saturated carbocycles. The van der Waals surface area contributed by atoms with Crippen molar-refractivity contribution in [3.05, 3.63) is 98.2 Å². The van der Waals surface area contributed by atoms with Gasteiger partial charge in [-0.15, -0.1) is 0 Å². The van der Waals surface area contributed by atoms with Crippen molar-refractivity contribution in [3.8, 4) is 0 Å². The van der Waals surface area contributed by atoms with Crippen LogP contribution in [0.4, 0.5) is 0 Å². The lowest BCUT2D eigenvalue weighted by atomic mass is 9.88. The highest BCUT2D eigenvalue weighted by atomic mass is 35.5. The minimum Gasteiger partial charge on any atom is -0.348 e. The Morgan fingerprint density at radius 2 is 1.97 bits per heavy atom. The molecular weight excluding hydrogens is 448 g/mol. The Morgan fingerprint density at radius 1 is 1.15 bits per heavy atom. The predicted octanol–water partition coefficient (Wildman–Crippen LogP) is 4.71. The van der Waals surface area contributed by atoms with Crippen LogP contribution in [0, 0.1) is 13.8 Å². The first-order valence-corrected chi connectivity index (χ1v) is 12.0. The fourth-order valence-electron chi connectivity index (χ4n) is 5.09. The second kappa shape index (κ2) is 9.11. The van der Waals surface area contributed by atoms with Crippen LogP contribution in [0.25, 0.3) is 10.8 Å². The average Bonchev–Trinajstić information content (AvgIpc) is 3.06. The Balaban J connectivity index is 1.41. The Kier molecular flexibility index (Phi) is 6.00. The van der Waals surface area contributed by atoms with Gasteiger partial charge < -0.3 is 9.88 Å². The predicted molar refractivity (Wildman–Crippen MR) is 134 cm³/mol. The summed E-state index contributed by atoms with van der Waals surface area (Å²) >= 11 is 6.15. The van der Waals surface area contributed by atoms with Crippen molar-refractivity contribution in [1.29, 1.82) is 0 Å². The lowest BCUT2D eigenvalue weighted by Crippen LogP contribution is -2.36. The minimum absolute atomic E-state index is 0.0281. The van der Waals surface area contributed by atoms with Gasteiger partial charge in [0.25, 0.3) is 5.56 Å². The van der Waals surface area contributed by atoms with Crippen molar-refractivity contribution in [2.45, 2.75) is 52.2 Å². The molecule has 1 aliphatic rings. The number of carbonyl (C=O) groups excluding carboxylic acids is 1. The molecule has 1 unspecified atom stereocenters. The average molecular weight is 475 g/mol. The van der Waals surface area contributed by atoms with Crippen molar-refractivity contribution in [1.82, 2.24) is 19.7 Å². The van der Waals surface area contributed by atoms with Gasteiger partial charge >= 0.3 is 0 Å². The van der Waals surface area contributed by atoms with E-state index in [9.17, 15) is 9.59 Å². The molecule has 2 aromatic carbocycles. The largest absolute Gasteiger partial charge is 0.348 e. The zero-order valence-corrected chi connectivity index (χ0v) is 20.1. The summed E-state index contributed by atoms with van der Waals surface area (Å²) in [5.74, 6) is -0.205. The number of rotatable bonds is 5. The van der Waals surface area contributed by atoms with Crippen LogP contribution in [-0.2, 0) is 24.3 Å². The molecule has 4 aromatic rings. The quantitative estimate of drug-likeness (QED) is 0.455. The van der Waals surface area contributed by atoms with Crippen LogP contribution in [0.5, 0.6) is 0 Å². The molecule has 2 aromatic heterocycles. The topological polar surface area (TPSA) is 68.9 Å². The van der Waals surface area contributed by atoms with Gasteiger partial charge in [0.1, 0.15) is 6.54 Å². The molecule has 0 aliphatic heterocycles. The number of benzene rings is 2. The van der Waals surface area contributed by atoms with Gasteiger partial charge in [-0.05, 0) is 61.9 Å². The number of aromatic nitrogens is 3. The first-order valence-electron chi connectivity index (χ1n) is 11.6. The molecule has 0 radical (unpaired) electrons. The number of carbonyl (C=O) groups is 1. The monoisotopic (exact) mass is 474 g/mol. The highest BCUT2D eigenvalue weighted by Gasteiger charge is 2.22. The third-order valence-electron chi connectivity index (χ3n) is 6.83. The van der Waals surface area contributed by atoms with Gasteiger partial charge in [0.2, 0.25) is 5.91 Å². The van der Waals surface area contributed by atoms with Crippen LogP contribution < -0.4 is 10.9 Å². The van der Waals surface area contributed by atoms with Crippen molar-refractivity contribution < 1.29 is 4.79 Å². The molecule has 0 bridgehead atoms. The molecule has 1 amide bonds. The van der Waals surface area contributed by atoms with Crippen molar-refractivity contribution >= 4 is 28.3 Å². The molecule has 174 valence electrons. The number of halogens is 1. The lowest BCUT2D eigenvalue weighted by Gasteiger charge is -2.26. The fourth-order valence-corrected chi connectivity index (χ4v) is 5.31. The maximum atomic E-state index is 13.3. The van der Waals surface area contributed by atoms with E-state index >= 15 is 0 Å². The van der Waals surface area contributed by atoms with E-state index in [2.05, 4.69) is 27.1 Å². The summed E-state index contributed by atoms with van der Waals surface area (Å²) in [5, 5.41) is 9.53. The third-order valence-corrected chi connectivity index (χ3v) is 7.07. The van der Waals surface area contributed by atoms with Crippen molar-refractivity contribution in [3.63, 3.8) is 0 Å². The van der Waals surface area contributed by atoms with Crippen molar-refractivity contribution in [2.75, 3.05) is 0 Å². The molecule has 7 heteroatoms. The highest BCUT2D eigenvalue weighted by molar-refractivity contribution is 6.30. The minimum atomic E-state index is -0.248. The summed E-state index contributed by atoms with van der Waals surface area (Å²) in [6.45, 7) is 4.42. The van der Waals surface area contributed by atoms with Gasteiger partial charge in [-0.2, -0.15) is 5.10 Å². The lowest BCUT2D eigenvalue weighted by molar-refractivity contribution is -0.122. The van der Waals surface area contributed by atoms with Crippen LogP contribution in [0.1, 0.15) is 47.0 Å². The summed E-state index contributed by atoms with van der Waals surface area (Å²) in [7, 11) is 0. The molecule has 1 aliphatic carbocycles. The number of fused-ring (bicyclic) bond motifs is 2. The summed E-state index contributed by atoms with van der Waals surface area (Å²) in [6, 6.07) is 15.9. The Morgan fingerprint density at radius 3 is 2.79 bits per heavy atom. The second-order valence-corrected chi connectivity index (χ2v) is 9.43.